The fraction of sp³-hybridized carbons (Fsp3) is 0.700. The van der Waals surface area contributed by atoms with Crippen LogP contribution in [0.3, 0.4) is 0 Å². The molecule has 1 aliphatic carbocycles. The summed E-state index contributed by atoms with van der Waals surface area (Å²) in [5, 5.41) is 2.93. The highest BCUT2D eigenvalue weighted by Crippen LogP contribution is 2.41. The van der Waals surface area contributed by atoms with Gasteiger partial charge in [-0.25, -0.2) is 13.8 Å². The summed E-state index contributed by atoms with van der Waals surface area (Å²) >= 11 is 1.56. The molecule has 5 heteroatoms. The van der Waals surface area contributed by atoms with E-state index in [1.807, 2.05) is 5.38 Å². The van der Waals surface area contributed by atoms with Crippen LogP contribution in [0.1, 0.15) is 36.4 Å². The van der Waals surface area contributed by atoms with E-state index in [1.54, 1.807) is 11.3 Å². The number of nitrogens with two attached hydrogens (primary N) is 1. The first-order valence-electron chi connectivity index (χ1n) is 5.00. The van der Waals surface area contributed by atoms with Crippen LogP contribution in [0.25, 0.3) is 0 Å². The highest BCUT2D eigenvalue weighted by molar-refractivity contribution is 7.09. The van der Waals surface area contributed by atoms with Crippen LogP contribution in [0.15, 0.2) is 5.38 Å². The second kappa shape index (κ2) is 3.79. The Bertz CT molecular complexity index is 345. The molecule has 2 N–H and O–H groups in total. The Labute approximate surface area is 91.5 Å². The van der Waals surface area contributed by atoms with Crippen molar-refractivity contribution in [2.24, 2.45) is 5.73 Å². The maximum atomic E-state index is 12.5. The zero-order chi connectivity index (χ0) is 11.1. The quantitative estimate of drug-likeness (QED) is 0.866. The van der Waals surface area contributed by atoms with Crippen LogP contribution in [0, 0.1) is 0 Å². The van der Waals surface area contributed by atoms with Crippen molar-refractivity contribution in [3.8, 4) is 0 Å². The lowest BCUT2D eigenvalue weighted by Gasteiger charge is -2.22. The largest absolute Gasteiger partial charge is 0.320 e. The van der Waals surface area contributed by atoms with Gasteiger partial charge < -0.3 is 5.73 Å². The summed E-state index contributed by atoms with van der Waals surface area (Å²) in [7, 11) is 0. The molecule has 1 heterocycles. The van der Waals surface area contributed by atoms with Gasteiger partial charge in [0.15, 0.2) is 0 Å². The van der Waals surface area contributed by atoms with Gasteiger partial charge in [-0.2, -0.15) is 0 Å². The molecule has 1 unspecified atom stereocenters. The highest BCUT2D eigenvalue weighted by atomic mass is 32.1. The van der Waals surface area contributed by atoms with Crippen molar-refractivity contribution in [2.45, 2.75) is 44.1 Å². The maximum Gasteiger partial charge on any atom is 0.256 e. The van der Waals surface area contributed by atoms with Gasteiger partial charge in [0, 0.05) is 17.7 Å². The van der Waals surface area contributed by atoms with Crippen LogP contribution in [-0.2, 0) is 6.42 Å². The van der Waals surface area contributed by atoms with Gasteiger partial charge in [0.2, 0.25) is 0 Å². The number of halogens is 2. The summed E-state index contributed by atoms with van der Waals surface area (Å²) in [5.41, 5.74) is 4.74. The first-order valence-corrected chi connectivity index (χ1v) is 5.88. The van der Waals surface area contributed by atoms with Crippen LogP contribution >= 0.6 is 11.3 Å². The molecule has 0 aliphatic heterocycles. The second-order valence-electron chi connectivity index (χ2n) is 4.43. The summed E-state index contributed by atoms with van der Waals surface area (Å²) in [6.07, 6.45) is 0.000605. The van der Waals surface area contributed by atoms with E-state index in [1.165, 1.54) is 19.8 Å². The fourth-order valence-electron chi connectivity index (χ4n) is 1.39. The Morgan fingerprint density at radius 1 is 1.67 bits per heavy atom. The smallest absolute Gasteiger partial charge is 0.256 e. The van der Waals surface area contributed by atoms with Crippen molar-refractivity contribution in [2.75, 3.05) is 0 Å². The standard InChI is InChI=1S/C10H14F2N2S/c1-10(13,9(11)12)4-7-5-15-8(14-7)6-2-3-6/h5-6,9H,2-4,13H2,1H3. The van der Waals surface area contributed by atoms with Crippen LogP contribution < -0.4 is 5.73 Å². The lowest BCUT2D eigenvalue weighted by atomic mass is 9.98. The summed E-state index contributed by atoms with van der Waals surface area (Å²) in [6, 6.07) is 0. The molecule has 0 radical (unpaired) electrons. The maximum absolute atomic E-state index is 12.5. The first-order chi connectivity index (χ1) is 6.99. The van der Waals surface area contributed by atoms with Crippen molar-refractivity contribution in [1.29, 1.82) is 0 Å². The molecule has 1 aliphatic rings. The SMILES string of the molecule is CC(N)(Cc1csc(C2CC2)n1)C(F)F. The average Bonchev–Trinajstić information content (AvgIpc) is 2.88. The molecule has 84 valence electrons. The summed E-state index contributed by atoms with van der Waals surface area (Å²) < 4.78 is 25.1. The van der Waals surface area contributed by atoms with Gasteiger partial charge in [-0.3, -0.25) is 0 Å². The Balaban J connectivity index is 2.03. The zero-order valence-electron chi connectivity index (χ0n) is 8.54. The normalized spacial score (nSPS) is 20.6. The molecule has 2 nitrogen and oxygen atoms in total. The molecule has 0 saturated heterocycles. The van der Waals surface area contributed by atoms with Crippen molar-refractivity contribution in [3.05, 3.63) is 16.1 Å². The third kappa shape index (κ3) is 2.52. The third-order valence-electron chi connectivity index (χ3n) is 2.56. The van der Waals surface area contributed by atoms with Crippen molar-refractivity contribution < 1.29 is 8.78 Å². The third-order valence-corrected chi connectivity index (χ3v) is 3.61. The molecular weight excluding hydrogens is 218 g/mol. The van der Waals surface area contributed by atoms with Gasteiger partial charge in [0.25, 0.3) is 6.43 Å². The summed E-state index contributed by atoms with van der Waals surface area (Å²) in [4.78, 5) is 4.35. The van der Waals surface area contributed by atoms with Crippen molar-refractivity contribution >= 4 is 11.3 Å². The minimum atomic E-state index is -2.51. The Morgan fingerprint density at radius 3 is 2.87 bits per heavy atom. The zero-order valence-corrected chi connectivity index (χ0v) is 9.36. The monoisotopic (exact) mass is 232 g/mol. The van der Waals surface area contributed by atoms with Gasteiger partial charge >= 0.3 is 0 Å². The molecule has 0 bridgehead atoms. The Hall–Kier alpha value is -0.550. The number of thiazole rings is 1. The minimum Gasteiger partial charge on any atom is -0.320 e. The molecule has 1 aromatic rings. The molecule has 0 spiro atoms. The number of hydrogen-bond donors (Lipinski definition) is 1. The molecule has 0 aromatic carbocycles. The lowest BCUT2D eigenvalue weighted by molar-refractivity contribution is 0.0634. The Morgan fingerprint density at radius 2 is 2.33 bits per heavy atom. The van der Waals surface area contributed by atoms with E-state index in [0.717, 1.165) is 5.01 Å². The summed E-state index contributed by atoms with van der Waals surface area (Å²) in [6.45, 7) is 1.37. The van der Waals surface area contributed by atoms with E-state index in [-0.39, 0.29) is 6.42 Å². The summed E-state index contributed by atoms with van der Waals surface area (Å²) in [5.74, 6) is 0.583. The predicted molar refractivity (Wildman–Crippen MR) is 56.4 cm³/mol. The van der Waals surface area contributed by atoms with Gasteiger partial charge in [0.05, 0.1) is 16.2 Å². The molecule has 2 rings (SSSR count). The molecule has 1 aromatic heterocycles. The minimum absolute atomic E-state index is 0.147. The van der Waals surface area contributed by atoms with Gasteiger partial charge in [-0.1, -0.05) is 0 Å². The van der Waals surface area contributed by atoms with E-state index in [0.29, 0.717) is 11.6 Å². The number of alkyl halides is 2. The van der Waals surface area contributed by atoms with Gasteiger partial charge in [-0.05, 0) is 19.8 Å². The molecule has 15 heavy (non-hydrogen) atoms. The molecular formula is C10H14F2N2S. The lowest BCUT2D eigenvalue weighted by Crippen LogP contribution is -2.45. The van der Waals surface area contributed by atoms with Crippen LogP contribution in [0.2, 0.25) is 0 Å². The van der Waals surface area contributed by atoms with Crippen LogP contribution in [-0.4, -0.2) is 16.9 Å². The topological polar surface area (TPSA) is 38.9 Å². The highest BCUT2D eigenvalue weighted by Gasteiger charge is 2.32. The van der Waals surface area contributed by atoms with E-state index in [4.69, 9.17) is 5.73 Å². The van der Waals surface area contributed by atoms with E-state index < -0.39 is 12.0 Å². The number of rotatable bonds is 4. The molecule has 1 saturated carbocycles. The fourth-order valence-corrected chi connectivity index (χ4v) is 2.38. The van der Waals surface area contributed by atoms with E-state index in [2.05, 4.69) is 4.98 Å². The van der Waals surface area contributed by atoms with E-state index >= 15 is 0 Å². The Kier molecular flexibility index (Phi) is 2.77. The van der Waals surface area contributed by atoms with Crippen LogP contribution in [0.4, 0.5) is 8.78 Å². The van der Waals surface area contributed by atoms with Crippen molar-refractivity contribution in [1.82, 2.24) is 4.98 Å². The predicted octanol–water partition coefficient (Wildman–Crippen LogP) is 2.55. The van der Waals surface area contributed by atoms with Gasteiger partial charge in [-0.15, -0.1) is 11.3 Å². The van der Waals surface area contributed by atoms with Crippen LogP contribution in [0.5, 0.6) is 0 Å². The van der Waals surface area contributed by atoms with Crippen molar-refractivity contribution in [3.63, 3.8) is 0 Å². The number of aromatic nitrogens is 1. The first kappa shape index (κ1) is 11.0. The van der Waals surface area contributed by atoms with Gasteiger partial charge in [0.1, 0.15) is 0 Å². The molecule has 1 atom stereocenters. The average molecular weight is 232 g/mol. The number of hydrogen-bond acceptors (Lipinski definition) is 3. The van der Waals surface area contributed by atoms with E-state index in [9.17, 15) is 8.78 Å². The second-order valence-corrected chi connectivity index (χ2v) is 5.32. The number of nitrogens with zero attached hydrogens (tertiary/aromatic N) is 1. The molecule has 0 amide bonds. The molecule has 1 fully saturated rings.